The van der Waals surface area contributed by atoms with Crippen LogP contribution in [-0.2, 0) is 20.7 Å². The van der Waals surface area contributed by atoms with E-state index in [-0.39, 0.29) is 12.3 Å². The fourth-order valence-corrected chi connectivity index (χ4v) is 2.97. The minimum absolute atomic E-state index is 0.105. The molecule has 5 heteroatoms. The molecular weight excluding hydrogens is 294 g/mol. The number of carbonyl (C=O) groups excluding carboxylic acids is 2. The molecule has 0 unspecified atom stereocenters. The van der Waals surface area contributed by atoms with Gasteiger partial charge in [-0.2, -0.15) is 0 Å². The first kappa shape index (κ1) is 15.6. The van der Waals surface area contributed by atoms with E-state index in [1.165, 1.54) is 0 Å². The number of likely N-dealkylation sites (tertiary alicyclic amines) is 1. The zero-order chi connectivity index (χ0) is 16.4. The third-order valence-corrected chi connectivity index (χ3v) is 4.22. The first-order valence-corrected chi connectivity index (χ1v) is 7.99. The molecule has 0 saturated carbocycles. The maximum absolute atomic E-state index is 12.2. The number of rotatable bonds is 4. The van der Waals surface area contributed by atoms with Gasteiger partial charge in [-0.15, -0.1) is 0 Å². The summed E-state index contributed by atoms with van der Waals surface area (Å²) in [5.74, 6) is -0.517. The summed E-state index contributed by atoms with van der Waals surface area (Å²) >= 11 is 0. The molecule has 1 fully saturated rings. The van der Waals surface area contributed by atoms with Gasteiger partial charge in [-0.3, -0.25) is 9.59 Å². The van der Waals surface area contributed by atoms with Gasteiger partial charge in [0.1, 0.15) is 5.58 Å². The number of esters is 1. The van der Waals surface area contributed by atoms with Gasteiger partial charge in [0.05, 0.1) is 12.7 Å². The number of benzene rings is 1. The minimum atomic E-state index is -0.735. The monoisotopic (exact) mass is 315 g/mol. The lowest BCUT2D eigenvalue weighted by atomic mass is 10.1. The Kier molecular flexibility index (Phi) is 4.37. The summed E-state index contributed by atoms with van der Waals surface area (Å²) in [7, 11) is 0. The average molecular weight is 315 g/mol. The van der Waals surface area contributed by atoms with E-state index in [1.807, 2.05) is 25.1 Å². The van der Waals surface area contributed by atoms with Crippen LogP contribution < -0.4 is 0 Å². The van der Waals surface area contributed by atoms with E-state index in [9.17, 15) is 9.59 Å². The lowest BCUT2D eigenvalue weighted by Gasteiger charge is -2.20. The Morgan fingerprint density at radius 3 is 2.78 bits per heavy atom. The molecule has 2 aromatic rings. The van der Waals surface area contributed by atoms with Crippen LogP contribution in [0.25, 0.3) is 11.0 Å². The van der Waals surface area contributed by atoms with Crippen molar-refractivity contribution in [2.24, 2.45) is 0 Å². The van der Waals surface area contributed by atoms with E-state index in [4.69, 9.17) is 9.15 Å². The summed E-state index contributed by atoms with van der Waals surface area (Å²) in [4.78, 5) is 26.0. The van der Waals surface area contributed by atoms with E-state index in [2.05, 4.69) is 0 Å². The van der Waals surface area contributed by atoms with Crippen LogP contribution in [0, 0.1) is 6.92 Å². The zero-order valence-corrected chi connectivity index (χ0v) is 13.5. The third-order valence-electron chi connectivity index (χ3n) is 4.22. The molecule has 0 bridgehead atoms. The number of fused-ring (bicyclic) bond motifs is 1. The van der Waals surface area contributed by atoms with Crippen molar-refractivity contribution in [3.63, 3.8) is 0 Å². The molecule has 5 nitrogen and oxygen atoms in total. The van der Waals surface area contributed by atoms with Crippen LogP contribution in [-0.4, -0.2) is 36.0 Å². The predicted molar refractivity (Wildman–Crippen MR) is 86.0 cm³/mol. The van der Waals surface area contributed by atoms with Crippen molar-refractivity contribution in [1.82, 2.24) is 4.90 Å². The molecule has 0 N–H and O–H groups in total. The number of furan rings is 1. The molecule has 1 amide bonds. The summed E-state index contributed by atoms with van der Waals surface area (Å²) in [6.45, 7) is 5.13. The van der Waals surface area contributed by atoms with Crippen molar-refractivity contribution >= 4 is 22.8 Å². The van der Waals surface area contributed by atoms with E-state index < -0.39 is 12.1 Å². The Balaban J connectivity index is 1.63. The fourth-order valence-electron chi connectivity index (χ4n) is 2.97. The first-order chi connectivity index (χ1) is 11.0. The van der Waals surface area contributed by atoms with Gasteiger partial charge >= 0.3 is 5.97 Å². The van der Waals surface area contributed by atoms with Crippen LogP contribution in [0.1, 0.15) is 30.9 Å². The van der Waals surface area contributed by atoms with E-state index in [0.717, 1.165) is 48.0 Å². The van der Waals surface area contributed by atoms with Crippen LogP contribution in [0.4, 0.5) is 0 Å². The van der Waals surface area contributed by atoms with E-state index in [0.29, 0.717) is 0 Å². The lowest BCUT2D eigenvalue weighted by molar-refractivity contribution is -0.158. The lowest BCUT2D eigenvalue weighted by Crippen LogP contribution is -2.38. The summed E-state index contributed by atoms with van der Waals surface area (Å²) in [6, 6.07) is 5.85. The van der Waals surface area contributed by atoms with E-state index in [1.54, 1.807) is 18.1 Å². The molecule has 23 heavy (non-hydrogen) atoms. The Hall–Kier alpha value is -2.30. The van der Waals surface area contributed by atoms with Crippen LogP contribution in [0.5, 0.6) is 0 Å². The second-order valence-corrected chi connectivity index (χ2v) is 6.10. The Morgan fingerprint density at radius 1 is 1.30 bits per heavy atom. The third kappa shape index (κ3) is 3.38. The summed E-state index contributed by atoms with van der Waals surface area (Å²) in [5.41, 5.74) is 2.64. The van der Waals surface area contributed by atoms with Crippen molar-refractivity contribution in [1.29, 1.82) is 0 Å². The molecule has 2 heterocycles. The second-order valence-electron chi connectivity index (χ2n) is 6.10. The predicted octanol–water partition coefficient (Wildman–Crippen LogP) is 2.84. The molecule has 1 aromatic heterocycles. The highest BCUT2D eigenvalue weighted by Gasteiger charge is 2.26. The van der Waals surface area contributed by atoms with Gasteiger partial charge in [0.15, 0.2) is 6.10 Å². The van der Waals surface area contributed by atoms with Gasteiger partial charge in [-0.1, -0.05) is 12.1 Å². The number of aryl methyl sites for hydroxylation is 1. The molecule has 1 aromatic carbocycles. The average Bonchev–Trinajstić information content (AvgIpc) is 3.16. The van der Waals surface area contributed by atoms with Gasteiger partial charge in [0.2, 0.25) is 0 Å². The minimum Gasteiger partial charge on any atom is -0.464 e. The molecule has 0 radical (unpaired) electrons. The molecule has 0 spiro atoms. The second kappa shape index (κ2) is 6.44. The fraction of sp³-hybridized carbons (Fsp3) is 0.444. The highest BCUT2D eigenvalue weighted by Crippen LogP contribution is 2.23. The van der Waals surface area contributed by atoms with Crippen molar-refractivity contribution in [2.75, 3.05) is 13.1 Å². The van der Waals surface area contributed by atoms with Crippen molar-refractivity contribution in [3.8, 4) is 0 Å². The van der Waals surface area contributed by atoms with Gasteiger partial charge in [-0.05, 0) is 38.3 Å². The van der Waals surface area contributed by atoms with Gasteiger partial charge in [-0.25, -0.2) is 0 Å². The Labute approximate surface area is 135 Å². The number of nitrogens with zero attached hydrogens (tertiary/aromatic N) is 1. The highest BCUT2D eigenvalue weighted by atomic mass is 16.5. The molecule has 1 atom stereocenters. The summed E-state index contributed by atoms with van der Waals surface area (Å²) in [5, 5.41) is 0.908. The smallest absolute Gasteiger partial charge is 0.311 e. The SMILES string of the molecule is Cc1ccc2c(CC(=O)O[C@H](C)C(=O)N3CCCC3)coc2c1. The number of hydrogen-bond donors (Lipinski definition) is 0. The summed E-state index contributed by atoms with van der Waals surface area (Å²) in [6.07, 6.45) is 2.99. The van der Waals surface area contributed by atoms with Gasteiger partial charge < -0.3 is 14.1 Å². The number of ether oxygens (including phenoxy) is 1. The van der Waals surface area contributed by atoms with Crippen LogP contribution >= 0.6 is 0 Å². The van der Waals surface area contributed by atoms with Gasteiger partial charge in [0.25, 0.3) is 5.91 Å². The molecule has 1 aliphatic rings. The van der Waals surface area contributed by atoms with Crippen molar-refractivity contribution in [2.45, 2.75) is 39.2 Å². The van der Waals surface area contributed by atoms with E-state index >= 15 is 0 Å². The van der Waals surface area contributed by atoms with Crippen LogP contribution in [0.15, 0.2) is 28.9 Å². The number of amides is 1. The highest BCUT2D eigenvalue weighted by molar-refractivity contribution is 5.88. The van der Waals surface area contributed by atoms with Crippen molar-refractivity contribution < 1.29 is 18.7 Å². The quantitative estimate of drug-likeness (QED) is 0.814. The largest absolute Gasteiger partial charge is 0.464 e. The maximum atomic E-state index is 12.2. The molecule has 122 valence electrons. The Morgan fingerprint density at radius 2 is 2.04 bits per heavy atom. The van der Waals surface area contributed by atoms with Gasteiger partial charge in [0, 0.05) is 24.0 Å². The number of hydrogen-bond acceptors (Lipinski definition) is 4. The normalized spacial score (nSPS) is 15.8. The van der Waals surface area contributed by atoms with Crippen molar-refractivity contribution in [3.05, 3.63) is 35.6 Å². The van der Waals surface area contributed by atoms with Crippen LogP contribution in [0.3, 0.4) is 0 Å². The molecule has 0 aliphatic carbocycles. The summed E-state index contributed by atoms with van der Waals surface area (Å²) < 4.78 is 10.8. The first-order valence-electron chi connectivity index (χ1n) is 7.99. The topological polar surface area (TPSA) is 59.8 Å². The molecule has 1 saturated heterocycles. The molecule has 1 aliphatic heterocycles. The standard InChI is InChI=1S/C18H21NO4/c1-12-5-6-15-14(11-22-16(15)9-12)10-17(20)23-13(2)18(21)19-7-3-4-8-19/h5-6,9,11,13H,3-4,7-8,10H2,1-2H3/t13-/m1/s1. The molecule has 3 rings (SSSR count). The van der Waals surface area contributed by atoms with Crippen LogP contribution in [0.2, 0.25) is 0 Å². The maximum Gasteiger partial charge on any atom is 0.311 e. The Bertz CT molecular complexity index is 728. The number of carbonyl (C=O) groups is 2. The zero-order valence-electron chi connectivity index (χ0n) is 13.5. The molecular formula is C18H21NO4.